The van der Waals surface area contributed by atoms with Crippen LogP contribution in [0.25, 0.3) is 0 Å². The van der Waals surface area contributed by atoms with Crippen LogP contribution < -0.4 is 15.6 Å². The lowest BCUT2D eigenvalue weighted by atomic mass is 9.77. The molecule has 4 amide bonds. The van der Waals surface area contributed by atoms with E-state index in [0.717, 1.165) is 36.8 Å². The molecule has 3 heterocycles. The summed E-state index contributed by atoms with van der Waals surface area (Å²) < 4.78 is 5.32. The van der Waals surface area contributed by atoms with E-state index in [1.807, 2.05) is 0 Å². The summed E-state index contributed by atoms with van der Waals surface area (Å²) >= 11 is 0. The molecule has 3 fully saturated rings. The van der Waals surface area contributed by atoms with Gasteiger partial charge in [-0.3, -0.25) is 15.0 Å². The van der Waals surface area contributed by atoms with Gasteiger partial charge in [0.1, 0.15) is 11.4 Å². The van der Waals surface area contributed by atoms with E-state index in [1.54, 1.807) is 12.1 Å². The van der Waals surface area contributed by atoms with Crippen molar-refractivity contribution in [2.45, 2.75) is 38.1 Å². The number of hydrogen-bond acceptors (Lipinski definition) is 6. The Kier molecular flexibility index (Phi) is 4.92. The van der Waals surface area contributed by atoms with Gasteiger partial charge in [0.15, 0.2) is 0 Å². The fourth-order valence-electron chi connectivity index (χ4n) is 3.98. The highest BCUT2D eigenvalue weighted by Gasteiger charge is 2.52. The molecule has 9 heteroatoms. The Balaban J connectivity index is 1.42. The number of rotatable bonds is 3. The Bertz CT molecular complexity index is 767. The molecule has 1 aliphatic carbocycles. The smallest absolute Gasteiger partial charge is 0.344 e. The van der Waals surface area contributed by atoms with Crippen LogP contribution in [0.15, 0.2) is 18.3 Å². The van der Waals surface area contributed by atoms with Crippen LogP contribution in [0.3, 0.4) is 0 Å². The van der Waals surface area contributed by atoms with Gasteiger partial charge in [-0.25, -0.2) is 9.78 Å². The number of hydrogen-bond donors (Lipinski definition) is 2. The molecule has 4 rings (SSSR count). The molecular weight excluding hydrogens is 362 g/mol. The van der Waals surface area contributed by atoms with Crippen LogP contribution in [-0.4, -0.2) is 59.7 Å². The molecule has 0 radical (unpaired) electrons. The predicted octanol–water partition coefficient (Wildman–Crippen LogP) is 1.06. The summed E-state index contributed by atoms with van der Waals surface area (Å²) in [5.74, 6) is 0.390. The molecule has 0 unspecified atom stereocenters. The van der Waals surface area contributed by atoms with Gasteiger partial charge in [0.2, 0.25) is 0 Å². The fraction of sp³-hybridized carbons (Fsp3) is 0.579. The molecule has 1 saturated carbocycles. The Morgan fingerprint density at radius 3 is 2.61 bits per heavy atom. The highest BCUT2D eigenvalue weighted by molar-refractivity contribution is 6.09. The van der Waals surface area contributed by atoms with Crippen LogP contribution >= 0.6 is 0 Å². The molecule has 1 spiro atoms. The summed E-state index contributed by atoms with van der Waals surface area (Å²) in [7, 11) is 0. The van der Waals surface area contributed by atoms with Crippen molar-refractivity contribution in [2.75, 3.05) is 31.2 Å². The van der Waals surface area contributed by atoms with Gasteiger partial charge < -0.3 is 15.0 Å². The maximum atomic E-state index is 12.8. The third-order valence-electron chi connectivity index (χ3n) is 5.85. The van der Waals surface area contributed by atoms with Crippen LogP contribution in [0, 0.1) is 5.92 Å². The summed E-state index contributed by atoms with van der Waals surface area (Å²) in [5, 5.41) is 3.60. The lowest BCUT2D eigenvalue weighted by molar-refractivity contribution is -0.134. The summed E-state index contributed by atoms with van der Waals surface area (Å²) in [6, 6.07) is 2.82. The third-order valence-corrected chi connectivity index (χ3v) is 5.85. The number of nitrogens with one attached hydrogen (secondary N) is 2. The molecule has 1 aromatic rings. The highest BCUT2D eigenvalue weighted by Crippen LogP contribution is 2.35. The normalized spacial score (nSPS) is 27.8. The van der Waals surface area contributed by atoms with Gasteiger partial charge in [-0.2, -0.15) is 5.01 Å². The SMILES string of the molecule is CC1CCC2(CC1)NC(=O)N(NC(=O)c1ccc(N3CCOCC3)nc1)C2=O. The molecule has 2 aliphatic heterocycles. The summed E-state index contributed by atoms with van der Waals surface area (Å²) in [6.45, 7) is 4.94. The van der Waals surface area contributed by atoms with E-state index in [1.165, 1.54) is 6.20 Å². The molecule has 1 aromatic heterocycles. The van der Waals surface area contributed by atoms with Crippen molar-refractivity contribution in [3.63, 3.8) is 0 Å². The highest BCUT2D eigenvalue weighted by atomic mass is 16.5. The first-order valence-corrected chi connectivity index (χ1v) is 9.75. The monoisotopic (exact) mass is 387 g/mol. The quantitative estimate of drug-likeness (QED) is 0.752. The number of carbonyl (C=O) groups excluding carboxylic acids is 3. The average molecular weight is 387 g/mol. The summed E-state index contributed by atoms with van der Waals surface area (Å²) in [6.07, 6.45) is 4.40. The maximum absolute atomic E-state index is 12.8. The van der Waals surface area contributed by atoms with Crippen molar-refractivity contribution in [2.24, 2.45) is 5.92 Å². The zero-order chi connectivity index (χ0) is 19.7. The molecule has 150 valence electrons. The second-order valence-corrected chi connectivity index (χ2v) is 7.78. The number of ether oxygens (including phenoxy) is 1. The molecule has 3 aliphatic rings. The van der Waals surface area contributed by atoms with Gasteiger partial charge >= 0.3 is 6.03 Å². The molecule has 2 saturated heterocycles. The Labute approximate surface area is 163 Å². The molecule has 28 heavy (non-hydrogen) atoms. The lowest BCUT2D eigenvalue weighted by Gasteiger charge is -2.33. The Morgan fingerprint density at radius 2 is 1.96 bits per heavy atom. The van der Waals surface area contributed by atoms with Gasteiger partial charge in [0.25, 0.3) is 11.8 Å². The van der Waals surface area contributed by atoms with Crippen molar-refractivity contribution < 1.29 is 19.1 Å². The number of aromatic nitrogens is 1. The predicted molar refractivity (Wildman–Crippen MR) is 100 cm³/mol. The van der Waals surface area contributed by atoms with Crippen molar-refractivity contribution in [3.05, 3.63) is 23.9 Å². The van der Waals surface area contributed by atoms with Gasteiger partial charge in [0.05, 0.1) is 18.8 Å². The molecule has 0 atom stereocenters. The van der Waals surface area contributed by atoms with E-state index >= 15 is 0 Å². The first-order valence-electron chi connectivity index (χ1n) is 9.75. The minimum absolute atomic E-state index is 0.288. The van der Waals surface area contributed by atoms with E-state index in [2.05, 4.69) is 27.6 Å². The summed E-state index contributed by atoms with van der Waals surface area (Å²) in [4.78, 5) is 44.1. The van der Waals surface area contributed by atoms with Gasteiger partial charge in [0, 0.05) is 19.3 Å². The number of morpholine rings is 1. The zero-order valence-corrected chi connectivity index (χ0v) is 15.9. The minimum Gasteiger partial charge on any atom is -0.378 e. The number of nitrogens with zero attached hydrogens (tertiary/aromatic N) is 3. The van der Waals surface area contributed by atoms with Crippen LogP contribution in [-0.2, 0) is 9.53 Å². The largest absolute Gasteiger partial charge is 0.378 e. The Hall–Kier alpha value is -2.68. The summed E-state index contributed by atoms with van der Waals surface area (Å²) in [5.41, 5.74) is 1.84. The first-order chi connectivity index (χ1) is 13.5. The number of pyridine rings is 1. The van der Waals surface area contributed by atoms with Gasteiger partial charge in [-0.05, 0) is 43.7 Å². The number of amides is 4. The van der Waals surface area contributed by atoms with Crippen molar-refractivity contribution >= 4 is 23.7 Å². The van der Waals surface area contributed by atoms with E-state index in [9.17, 15) is 14.4 Å². The molecular formula is C19H25N5O4. The van der Waals surface area contributed by atoms with E-state index in [-0.39, 0.29) is 11.5 Å². The van der Waals surface area contributed by atoms with Gasteiger partial charge in [-0.15, -0.1) is 0 Å². The second-order valence-electron chi connectivity index (χ2n) is 7.78. The number of urea groups is 1. The van der Waals surface area contributed by atoms with E-state index in [0.29, 0.717) is 32.0 Å². The lowest BCUT2D eigenvalue weighted by Crippen LogP contribution is -2.51. The third kappa shape index (κ3) is 3.42. The number of hydrazine groups is 1. The molecule has 0 bridgehead atoms. The number of carbonyl (C=O) groups is 3. The number of imide groups is 1. The van der Waals surface area contributed by atoms with Crippen molar-refractivity contribution in [1.82, 2.24) is 20.7 Å². The molecule has 9 nitrogen and oxygen atoms in total. The van der Waals surface area contributed by atoms with Crippen LogP contribution in [0.2, 0.25) is 0 Å². The topological polar surface area (TPSA) is 104 Å². The standard InChI is InChI=1S/C19H25N5O4/c1-13-4-6-19(7-5-13)17(26)24(18(27)21-19)22-16(25)14-2-3-15(20-12-14)23-8-10-28-11-9-23/h2-3,12-13H,4-11H2,1H3,(H,21,27)(H,22,25). The molecule has 2 N–H and O–H groups in total. The second kappa shape index (κ2) is 7.38. The van der Waals surface area contributed by atoms with Crippen LogP contribution in [0.1, 0.15) is 43.0 Å². The molecule has 0 aromatic carbocycles. The van der Waals surface area contributed by atoms with Crippen LogP contribution in [0.5, 0.6) is 0 Å². The van der Waals surface area contributed by atoms with Crippen molar-refractivity contribution in [3.8, 4) is 0 Å². The van der Waals surface area contributed by atoms with E-state index < -0.39 is 17.5 Å². The number of anilines is 1. The van der Waals surface area contributed by atoms with E-state index in [4.69, 9.17) is 4.74 Å². The first kappa shape index (κ1) is 18.7. The maximum Gasteiger partial charge on any atom is 0.344 e. The fourth-order valence-corrected chi connectivity index (χ4v) is 3.98. The Morgan fingerprint density at radius 1 is 1.25 bits per heavy atom. The van der Waals surface area contributed by atoms with Crippen molar-refractivity contribution in [1.29, 1.82) is 0 Å². The minimum atomic E-state index is -0.880. The van der Waals surface area contributed by atoms with Crippen LogP contribution in [0.4, 0.5) is 10.6 Å². The van der Waals surface area contributed by atoms with Gasteiger partial charge in [-0.1, -0.05) is 6.92 Å². The average Bonchev–Trinajstić information content (AvgIpc) is 2.95. The zero-order valence-electron chi connectivity index (χ0n) is 15.9.